The van der Waals surface area contributed by atoms with Gasteiger partial charge in [0.05, 0.1) is 11.0 Å². The van der Waals surface area contributed by atoms with Crippen molar-refractivity contribution >= 4 is 50.9 Å². The zero-order valence-electron chi connectivity index (χ0n) is 18.0. The molecule has 0 saturated heterocycles. The molecule has 0 aliphatic heterocycles. The van der Waals surface area contributed by atoms with Crippen LogP contribution in [0.25, 0.3) is 0 Å². The Morgan fingerprint density at radius 1 is 1.15 bits per heavy atom. The molecule has 9 heteroatoms. The number of hydrogen-bond donors (Lipinski definition) is 1. The minimum absolute atomic E-state index is 0.122. The second-order valence-corrected chi connectivity index (χ2v) is 9.27. The van der Waals surface area contributed by atoms with Crippen LogP contribution in [0.2, 0.25) is 10.0 Å². The molecule has 34 heavy (non-hydrogen) atoms. The SMILES string of the molecule is Cc1cc(Cl)ccc1OCc1cccc(C(=O)Nc2nn(Cc3c(F)cccc3Cl)cc2Br)c1. The largest absolute Gasteiger partial charge is 0.489 e. The Bertz CT molecular complexity index is 1340. The van der Waals surface area contributed by atoms with Crippen molar-refractivity contribution in [3.63, 3.8) is 0 Å². The van der Waals surface area contributed by atoms with Crippen molar-refractivity contribution in [1.29, 1.82) is 0 Å². The highest BCUT2D eigenvalue weighted by Crippen LogP contribution is 2.25. The number of ether oxygens (including phenoxy) is 1. The first-order valence-corrected chi connectivity index (χ1v) is 11.8. The predicted octanol–water partition coefficient (Wildman–Crippen LogP) is 7.28. The maximum absolute atomic E-state index is 14.1. The second-order valence-electron chi connectivity index (χ2n) is 7.58. The van der Waals surface area contributed by atoms with Crippen LogP contribution >= 0.6 is 39.1 Å². The first-order valence-electron chi connectivity index (χ1n) is 10.3. The third-order valence-electron chi connectivity index (χ3n) is 5.05. The van der Waals surface area contributed by atoms with Crippen LogP contribution in [-0.4, -0.2) is 15.7 Å². The summed E-state index contributed by atoms with van der Waals surface area (Å²) in [6, 6.07) is 17.0. The number of hydrogen-bond acceptors (Lipinski definition) is 3. The number of carbonyl (C=O) groups excluding carboxylic acids is 1. The molecule has 0 unspecified atom stereocenters. The summed E-state index contributed by atoms with van der Waals surface area (Å²) in [5.74, 6) is 0.288. The number of nitrogens with zero attached hydrogens (tertiary/aromatic N) is 2. The van der Waals surface area contributed by atoms with Gasteiger partial charge >= 0.3 is 0 Å². The van der Waals surface area contributed by atoms with E-state index in [1.54, 1.807) is 42.6 Å². The van der Waals surface area contributed by atoms with Crippen LogP contribution in [0.15, 0.2) is 71.3 Å². The van der Waals surface area contributed by atoms with Gasteiger partial charge in [0.15, 0.2) is 5.82 Å². The quantitative estimate of drug-likeness (QED) is 0.257. The molecule has 4 aromatic rings. The summed E-state index contributed by atoms with van der Waals surface area (Å²) in [5, 5.41) is 8.08. The third kappa shape index (κ3) is 5.78. The number of amides is 1. The molecule has 1 N–H and O–H groups in total. The van der Waals surface area contributed by atoms with Crippen LogP contribution < -0.4 is 10.1 Å². The van der Waals surface area contributed by atoms with Crippen molar-refractivity contribution in [3.8, 4) is 5.75 Å². The van der Waals surface area contributed by atoms with E-state index in [1.807, 2.05) is 25.1 Å². The van der Waals surface area contributed by atoms with Crippen molar-refractivity contribution in [2.75, 3.05) is 5.32 Å². The standard InChI is InChI=1S/C25H19BrCl2FN3O2/c1-15-10-18(27)8-9-23(15)34-14-16-4-2-5-17(11-16)25(33)30-24-20(26)13-32(31-24)12-19-21(28)6-3-7-22(19)29/h2-11,13H,12,14H2,1H3,(H,30,31,33). The van der Waals surface area contributed by atoms with Crippen LogP contribution in [0.5, 0.6) is 5.75 Å². The smallest absolute Gasteiger partial charge is 0.256 e. The Hall–Kier alpha value is -2.87. The zero-order chi connectivity index (χ0) is 24.2. The monoisotopic (exact) mass is 561 g/mol. The van der Waals surface area contributed by atoms with Gasteiger partial charge in [0.2, 0.25) is 0 Å². The Kier molecular flexibility index (Phi) is 7.56. The van der Waals surface area contributed by atoms with Gasteiger partial charge in [-0.25, -0.2) is 4.39 Å². The molecule has 5 nitrogen and oxygen atoms in total. The van der Waals surface area contributed by atoms with E-state index >= 15 is 0 Å². The van der Waals surface area contributed by atoms with Crippen molar-refractivity contribution in [3.05, 3.63) is 109 Å². The van der Waals surface area contributed by atoms with Crippen LogP contribution in [0.4, 0.5) is 10.2 Å². The normalized spacial score (nSPS) is 10.9. The van der Waals surface area contributed by atoms with E-state index in [0.29, 0.717) is 38.1 Å². The summed E-state index contributed by atoms with van der Waals surface area (Å²) in [6.45, 7) is 2.34. The fourth-order valence-electron chi connectivity index (χ4n) is 3.33. The van der Waals surface area contributed by atoms with Gasteiger partial charge in [-0.05, 0) is 76.4 Å². The average molecular weight is 563 g/mol. The molecule has 0 aliphatic rings. The Morgan fingerprint density at radius 2 is 1.94 bits per heavy atom. The molecule has 0 bridgehead atoms. The summed E-state index contributed by atoms with van der Waals surface area (Å²) in [6.07, 6.45) is 1.65. The molecule has 1 aromatic heterocycles. The lowest BCUT2D eigenvalue weighted by Gasteiger charge is -2.10. The Balaban J connectivity index is 1.44. The molecule has 1 amide bonds. The highest BCUT2D eigenvalue weighted by Gasteiger charge is 2.15. The maximum atomic E-state index is 14.1. The minimum atomic E-state index is -0.419. The van der Waals surface area contributed by atoms with Gasteiger partial charge in [-0.1, -0.05) is 41.4 Å². The molecule has 0 aliphatic carbocycles. The summed E-state index contributed by atoms with van der Waals surface area (Å²) in [7, 11) is 0. The lowest BCUT2D eigenvalue weighted by atomic mass is 10.1. The van der Waals surface area contributed by atoms with Crippen molar-refractivity contribution in [1.82, 2.24) is 9.78 Å². The van der Waals surface area contributed by atoms with E-state index in [0.717, 1.165) is 16.9 Å². The number of rotatable bonds is 7. The van der Waals surface area contributed by atoms with Crippen LogP contribution in [-0.2, 0) is 13.2 Å². The number of benzene rings is 3. The molecular formula is C25H19BrCl2FN3O2. The summed E-state index contributed by atoms with van der Waals surface area (Å²) >= 11 is 15.5. The molecule has 0 fully saturated rings. The summed E-state index contributed by atoms with van der Waals surface area (Å²) < 4.78 is 22.0. The summed E-state index contributed by atoms with van der Waals surface area (Å²) in [4.78, 5) is 12.8. The van der Waals surface area contributed by atoms with Crippen LogP contribution in [0.3, 0.4) is 0 Å². The number of halogens is 4. The van der Waals surface area contributed by atoms with E-state index in [4.69, 9.17) is 27.9 Å². The Morgan fingerprint density at radius 3 is 2.71 bits per heavy atom. The molecule has 174 valence electrons. The van der Waals surface area contributed by atoms with Crippen molar-refractivity contribution in [2.45, 2.75) is 20.1 Å². The first kappa shape index (κ1) is 24.3. The number of aromatic nitrogens is 2. The molecule has 0 saturated carbocycles. The minimum Gasteiger partial charge on any atom is -0.489 e. The van der Waals surface area contributed by atoms with E-state index < -0.39 is 5.82 Å². The summed E-state index contributed by atoms with van der Waals surface area (Å²) in [5.41, 5.74) is 2.53. The molecular weight excluding hydrogens is 544 g/mol. The second kappa shape index (κ2) is 10.6. The molecule has 0 spiro atoms. The van der Waals surface area contributed by atoms with E-state index in [-0.39, 0.29) is 12.5 Å². The van der Waals surface area contributed by atoms with Gasteiger partial charge in [0.25, 0.3) is 5.91 Å². The average Bonchev–Trinajstić information content (AvgIpc) is 3.14. The van der Waals surface area contributed by atoms with Gasteiger partial charge in [0.1, 0.15) is 18.2 Å². The molecule has 0 atom stereocenters. The van der Waals surface area contributed by atoms with Gasteiger partial charge in [0, 0.05) is 27.4 Å². The van der Waals surface area contributed by atoms with Gasteiger partial charge in [-0.2, -0.15) is 5.10 Å². The molecule has 1 heterocycles. The number of nitrogens with one attached hydrogen (secondary N) is 1. The molecule has 0 radical (unpaired) electrons. The fraction of sp³-hybridized carbons (Fsp3) is 0.120. The maximum Gasteiger partial charge on any atom is 0.256 e. The highest BCUT2D eigenvalue weighted by atomic mass is 79.9. The lowest BCUT2D eigenvalue weighted by molar-refractivity contribution is 0.102. The third-order valence-corrected chi connectivity index (χ3v) is 6.22. The van der Waals surface area contributed by atoms with Gasteiger partial charge in [-0.3, -0.25) is 9.48 Å². The van der Waals surface area contributed by atoms with Crippen molar-refractivity contribution in [2.24, 2.45) is 0 Å². The molecule has 4 rings (SSSR count). The van der Waals surface area contributed by atoms with E-state index in [1.165, 1.54) is 10.7 Å². The van der Waals surface area contributed by atoms with Crippen LogP contribution in [0.1, 0.15) is 27.0 Å². The fourth-order valence-corrected chi connectivity index (χ4v) is 4.19. The van der Waals surface area contributed by atoms with E-state index in [2.05, 4.69) is 26.3 Å². The van der Waals surface area contributed by atoms with Gasteiger partial charge < -0.3 is 10.1 Å². The van der Waals surface area contributed by atoms with Crippen LogP contribution in [0, 0.1) is 12.7 Å². The number of carbonyl (C=O) groups is 1. The van der Waals surface area contributed by atoms with Gasteiger partial charge in [-0.15, -0.1) is 0 Å². The Labute approximate surface area is 214 Å². The zero-order valence-corrected chi connectivity index (χ0v) is 21.1. The topological polar surface area (TPSA) is 56.1 Å². The van der Waals surface area contributed by atoms with E-state index in [9.17, 15) is 9.18 Å². The first-order chi connectivity index (χ1) is 16.3. The lowest BCUT2D eigenvalue weighted by Crippen LogP contribution is -2.14. The predicted molar refractivity (Wildman–Crippen MR) is 135 cm³/mol. The number of aryl methyl sites for hydroxylation is 1. The van der Waals surface area contributed by atoms with Crippen molar-refractivity contribution < 1.29 is 13.9 Å². The number of anilines is 1. The highest BCUT2D eigenvalue weighted by molar-refractivity contribution is 9.10. The molecule has 3 aromatic carbocycles.